The van der Waals surface area contributed by atoms with Gasteiger partial charge in [0.25, 0.3) is 0 Å². The number of rotatable bonds is 8. The van der Waals surface area contributed by atoms with Crippen molar-refractivity contribution in [3.05, 3.63) is 35.9 Å². The summed E-state index contributed by atoms with van der Waals surface area (Å²) in [6, 6.07) is 9.79. The molecular weight excluding hydrogens is 267 g/mol. The van der Waals surface area contributed by atoms with Gasteiger partial charge in [-0.05, 0) is 19.4 Å². The van der Waals surface area contributed by atoms with Crippen LogP contribution in [0, 0.1) is 0 Å². The van der Waals surface area contributed by atoms with Crippen LogP contribution >= 0.6 is 7.60 Å². The maximum absolute atomic E-state index is 10.6. The molecule has 0 fully saturated rings. The second-order valence-corrected chi connectivity index (χ2v) is 6.75. The number of ether oxygens (including phenoxy) is 2. The van der Waals surface area contributed by atoms with E-state index < -0.39 is 13.2 Å². The predicted molar refractivity (Wildman–Crippen MR) is 73.0 cm³/mol. The normalized spacial score (nSPS) is 12.6. The largest absolute Gasteiger partial charge is 0.378 e. The van der Waals surface area contributed by atoms with Gasteiger partial charge in [-0.3, -0.25) is 4.57 Å². The van der Waals surface area contributed by atoms with Crippen molar-refractivity contribution in [3.8, 4) is 0 Å². The van der Waals surface area contributed by atoms with Crippen LogP contribution in [-0.2, 0) is 20.6 Å². The molecule has 1 rings (SSSR count). The summed E-state index contributed by atoms with van der Waals surface area (Å²) >= 11 is 0. The maximum atomic E-state index is 10.6. The average molecular weight is 288 g/mol. The molecule has 0 saturated carbocycles. The highest BCUT2D eigenvalue weighted by molar-refractivity contribution is 7.51. The van der Waals surface area contributed by atoms with Crippen molar-refractivity contribution in [1.82, 2.24) is 0 Å². The van der Waals surface area contributed by atoms with Crippen molar-refractivity contribution in [3.63, 3.8) is 0 Å². The smallest absolute Gasteiger partial charge is 0.327 e. The molecule has 0 unspecified atom stereocenters. The highest BCUT2D eigenvalue weighted by Gasteiger charge is 2.20. The van der Waals surface area contributed by atoms with Crippen LogP contribution < -0.4 is 0 Å². The molecule has 0 aliphatic carbocycles. The number of benzene rings is 1. The van der Waals surface area contributed by atoms with Crippen molar-refractivity contribution < 1.29 is 23.8 Å². The van der Waals surface area contributed by atoms with Gasteiger partial charge in [-0.1, -0.05) is 30.3 Å². The quantitative estimate of drug-likeness (QED) is 0.566. The molecule has 0 aliphatic rings. The van der Waals surface area contributed by atoms with E-state index in [0.717, 1.165) is 5.56 Å². The first kappa shape index (κ1) is 16.3. The van der Waals surface area contributed by atoms with Crippen molar-refractivity contribution in [2.75, 3.05) is 19.4 Å². The Labute approximate surface area is 113 Å². The Morgan fingerprint density at radius 2 is 1.84 bits per heavy atom. The molecule has 0 bridgehead atoms. The lowest BCUT2D eigenvalue weighted by Crippen LogP contribution is -2.31. The molecule has 1 aromatic rings. The first-order chi connectivity index (χ1) is 8.79. The minimum Gasteiger partial charge on any atom is -0.378 e. The zero-order valence-electron chi connectivity index (χ0n) is 11.3. The lowest BCUT2D eigenvalue weighted by molar-refractivity contribution is -0.0814. The summed E-state index contributed by atoms with van der Waals surface area (Å²) in [5.74, 6) is 0. The van der Waals surface area contributed by atoms with E-state index in [1.165, 1.54) is 0 Å². The highest BCUT2D eigenvalue weighted by atomic mass is 31.2. The fraction of sp³-hybridized carbons (Fsp3) is 0.538. The number of hydrogen-bond acceptors (Lipinski definition) is 3. The molecule has 6 heteroatoms. The molecule has 0 aliphatic heterocycles. The van der Waals surface area contributed by atoms with Crippen LogP contribution in [0.1, 0.15) is 19.4 Å². The first-order valence-corrected chi connectivity index (χ1v) is 7.88. The monoisotopic (exact) mass is 288 g/mol. The first-order valence-electron chi connectivity index (χ1n) is 6.09. The third-order valence-corrected chi connectivity index (χ3v) is 3.21. The van der Waals surface area contributed by atoms with Gasteiger partial charge in [0.2, 0.25) is 0 Å². The van der Waals surface area contributed by atoms with E-state index in [9.17, 15) is 4.57 Å². The minimum atomic E-state index is -3.98. The van der Waals surface area contributed by atoms with Gasteiger partial charge in [0.1, 0.15) is 0 Å². The zero-order valence-corrected chi connectivity index (χ0v) is 12.2. The standard InChI is InChI=1S/C13H21O5P/c1-13(2,11-17-8-9-19(14,15)16)18-10-12-6-4-3-5-7-12/h3-7H,8-11H2,1-2H3,(H2,14,15,16). The van der Waals surface area contributed by atoms with Gasteiger partial charge in [0.15, 0.2) is 0 Å². The lowest BCUT2D eigenvalue weighted by atomic mass is 10.1. The molecule has 19 heavy (non-hydrogen) atoms. The molecule has 2 N–H and O–H groups in total. The maximum Gasteiger partial charge on any atom is 0.327 e. The summed E-state index contributed by atoms with van der Waals surface area (Å²) in [5.41, 5.74) is 0.580. The van der Waals surface area contributed by atoms with E-state index in [1.54, 1.807) is 0 Å². The van der Waals surface area contributed by atoms with E-state index >= 15 is 0 Å². The Bertz CT molecular complexity index is 412. The Balaban J connectivity index is 2.26. The van der Waals surface area contributed by atoms with Crippen LogP contribution in [-0.4, -0.2) is 34.8 Å². The third-order valence-electron chi connectivity index (χ3n) is 2.45. The molecule has 0 amide bonds. The molecule has 0 atom stereocenters. The average Bonchev–Trinajstić information content (AvgIpc) is 2.33. The SMILES string of the molecule is CC(C)(COCCP(=O)(O)O)OCc1ccccc1. The summed E-state index contributed by atoms with van der Waals surface area (Å²) in [6.07, 6.45) is -0.262. The molecule has 0 saturated heterocycles. The van der Waals surface area contributed by atoms with Crippen LogP contribution in [0.25, 0.3) is 0 Å². The second-order valence-electron chi connectivity index (χ2n) is 4.97. The van der Waals surface area contributed by atoms with Gasteiger partial charge >= 0.3 is 7.60 Å². The van der Waals surface area contributed by atoms with Crippen molar-refractivity contribution >= 4 is 7.60 Å². The van der Waals surface area contributed by atoms with Gasteiger partial charge in [0.05, 0.1) is 31.6 Å². The molecule has 1 aromatic carbocycles. The fourth-order valence-electron chi connectivity index (χ4n) is 1.40. The van der Waals surface area contributed by atoms with E-state index in [2.05, 4.69) is 0 Å². The van der Waals surface area contributed by atoms with Crippen LogP contribution in [0.15, 0.2) is 30.3 Å². The third kappa shape index (κ3) is 8.14. The van der Waals surface area contributed by atoms with Gasteiger partial charge < -0.3 is 19.3 Å². The van der Waals surface area contributed by atoms with Crippen molar-refractivity contribution in [2.45, 2.75) is 26.1 Å². The Morgan fingerprint density at radius 3 is 2.42 bits per heavy atom. The lowest BCUT2D eigenvalue weighted by Gasteiger charge is -2.25. The van der Waals surface area contributed by atoms with Crippen LogP contribution in [0.3, 0.4) is 0 Å². The summed E-state index contributed by atoms with van der Waals surface area (Å²) in [5, 5.41) is 0. The summed E-state index contributed by atoms with van der Waals surface area (Å²) in [6.45, 7) is 4.57. The van der Waals surface area contributed by atoms with E-state index in [-0.39, 0.29) is 12.8 Å². The molecule has 5 nitrogen and oxygen atoms in total. The van der Waals surface area contributed by atoms with E-state index in [4.69, 9.17) is 19.3 Å². The van der Waals surface area contributed by atoms with Crippen LogP contribution in [0.2, 0.25) is 0 Å². The Morgan fingerprint density at radius 1 is 1.21 bits per heavy atom. The molecule has 0 aromatic heterocycles. The van der Waals surface area contributed by atoms with Gasteiger partial charge in [-0.25, -0.2) is 0 Å². The molecule has 0 heterocycles. The molecule has 0 radical (unpaired) electrons. The van der Waals surface area contributed by atoms with Crippen LogP contribution in [0.4, 0.5) is 0 Å². The van der Waals surface area contributed by atoms with Gasteiger partial charge in [-0.2, -0.15) is 0 Å². The fourth-order valence-corrected chi connectivity index (χ4v) is 1.76. The topological polar surface area (TPSA) is 76.0 Å². The van der Waals surface area contributed by atoms with Gasteiger partial charge in [-0.15, -0.1) is 0 Å². The van der Waals surface area contributed by atoms with Crippen molar-refractivity contribution in [1.29, 1.82) is 0 Å². The molecular formula is C13H21O5P. The van der Waals surface area contributed by atoms with E-state index in [1.807, 2.05) is 44.2 Å². The van der Waals surface area contributed by atoms with Gasteiger partial charge in [0, 0.05) is 0 Å². The molecule has 0 spiro atoms. The van der Waals surface area contributed by atoms with Crippen LogP contribution in [0.5, 0.6) is 0 Å². The minimum absolute atomic E-state index is 0.0302. The van der Waals surface area contributed by atoms with E-state index in [0.29, 0.717) is 13.2 Å². The zero-order chi connectivity index (χ0) is 14.4. The summed E-state index contributed by atoms with van der Waals surface area (Å²) in [7, 11) is -3.98. The Hall–Kier alpha value is -0.710. The second kappa shape index (κ2) is 7.17. The Kier molecular flexibility index (Phi) is 6.17. The summed E-state index contributed by atoms with van der Waals surface area (Å²) in [4.78, 5) is 17.4. The van der Waals surface area contributed by atoms with Crippen molar-refractivity contribution in [2.24, 2.45) is 0 Å². The summed E-state index contributed by atoms with van der Waals surface area (Å²) < 4.78 is 21.6. The highest BCUT2D eigenvalue weighted by Crippen LogP contribution is 2.33. The molecule has 108 valence electrons. The number of hydrogen-bond donors (Lipinski definition) is 2. The predicted octanol–water partition coefficient (Wildman–Crippen LogP) is 2.18.